The van der Waals surface area contributed by atoms with Crippen LogP contribution in [0.1, 0.15) is 17.7 Å². The van der Waals surface area contributed by atoms with Gasteiger partial charge in [0.15, 0.2) is 0 Å². The minimum atomic E-state index is -0.0720. The predicted molar refractivity (Wildman–Crippen MR) is 102 cm³/mol. The van der Waals surface area contributed by atoms with Crippen molar-refractivity contribution in [2.75, 3.05) is 38.6 Å². The molecule has 1 N–H and O–H groups in total. The number of carbonyl (C=O) groups excluding carboxylic acids is 1. The normalized spacial score (nSPS) is 15.4. The van der Waals surface area contributed by atoms with E-state index in [1.807, 2.05) is 54.4 Å². The first-order valence-corrected chi connectivity index (χ1v) is 8.99. The van der Waals surface area contributed by atoms with Gasteiger partial charge in [0.1, 0.15) is 5.75 Å². The lowest BCUT2D eigenvalue weighted by atomic mass is 10.2. The molecule has 138 valence electrons. The summed E-state index contributed by atoms with van der Waals surface area (Å²) >= 11 is 0. The molecule has 0 bridgehead atoms. The molecule has 3 rings (SSSR count). The molecule has 26 heavy (non-hydrogen) atoms. The first kappa shape index (κ1) is 18.2. The topological polar surface area (TPSA) is 57.7 Å². The number of rotatable bonds is 4. The van der Waals surface area contributed by atoms with Crippen molar-refractivity contribution in [2.24, 2.45) is 0 Å². The summed E-state index contributed by atoms with van der Waals surface area (Å²) in [7, 11) is 1.62. The SMILES string of the molecule is COc1cccc(C)c1NC(=O)N1CCCN(Cc2ccccn2)CC1. The maximum Gasteiger partial charge on any atom is 0.322 e. The Balaban J connectivity index is 1.59. The number of benzene rings is 1. The standard InChI is InChI=1S/C20H26N4O2/c1-16-7-5-9-18(26-2)19(16)22-20(25)24-12-6-11-23(13-14-24)15-17-8-3-4-10-21-17/h3-5,7-10H,6,11-15H2,1-2H3,(H,22,25). The molecule has 1 aromatic carbocycles. The fraction of sp³-hybridized carbons (Fsp3) is 0.400. The van der Waals surface area contributed by atoms with Crippen molar-refractivity contribution in [3.63, 3.8) is 0 Å². The van der Waals surface area contributed by atoms with Gasteiger partial charge in [-0.05, 0) is 37.1 Å². The number of amides is 2. The number of anilines is 1. The third-order valence-corrected chi connectivity index (χ3v) is 4.67. The van der Waals surface area contributed by atoms with Crippen LogP contribution in [0.4, 0.5) is 10.5 Å². The van der Waals surface area contributed by atoms with Gasteiger partial charge >= 0.3 is 6.03 Å². The second-order valence-corrected chi connectivity index (χ2v) is 6.52. The number of hydrogen-bond acceptors (Lipinski definition) is 4. The van der Waals surface area contributed by atoms with Crippen LogP contribution in [0.3, 0.4) is 0 Å². The molecular formula is C20H26N4O2. The van der Waals surface area contributed by atoms with Crippen LogP contribution in [-0.4, -0.2) is 54.1 Å². The molecule has 0 radical (unpaired) electrons. The zero-order chi connectivity index (χ0) is 18.4. The quantitative estimate of drug-likeness (QED) is 0.916. The molecule has 0 spiro atoms. The van der Waals surface area contributed by atoms with E-state index in [1.165, 1.54) is 0 Å². The van der Waals surface area contributed by atoms with E-state index in [1.54, 1.807) is 7.11 Å². The van der Waals surface area contributed by atoms with Gasteiger partial charge in [0.25, 0.3) is 0 Å². The zero-order valence-electron chi connectivity index (χ0n) is 15.4. The molecule has 0 saturated carbocycles. The smallest absolute Gasteiger partial charge is 0.322 e. The van der Waals surface area contributed by atoms with Crippen LogP contribution in [0, 0.1) is 6.92 Å². The highest BCUT2D eigenvalue weighted by atomic mass is 16.5. The van der Waals surface area contributed by atoms with E-state index >= 15 is 0 Å². The number of hydrogen-bond donors (Lipinski definition) is 1. The minimum absolute atomic E-state index is 0.0720. The van der Waals surface area contributed by atoms with E-state index in [9.17, 15) is 4.79 Å². The van der Waals surface area contributed by atoms with Gasteiger partial charge in [0, 0.05) is 38.9 Å². The van der Waals surface area contributed by atoms with Crippen molar-refractivity contribution >= 4 is 11.7 Å². The van der Waals surface area contributed by atoms with Crippen molar-refractivity contribution in [3.8, 4) is 5.75 Å². The largest absolute Gasteiger partial charge is 0.495 e. The molecule has 2 heterocycles. The van der Waals surface area contributed by atoms with Crippen molar-refractivity contribution in [3.05, 3.63) is 53.9 Å². The van der Waals surface area contributed by atoms with Crippen LogP contribution in [0.2, 0.25) is 0 Å². The van der Waals surface area contributed by atoms with E-state index in [4.69, 9.17) is 4.74 Å². The second-order valence-electron chi connectivity index (χ2n) is 6.52. The van der Waals surface area contributed by atoms with Crippen LogP contribution in [0.25, 0.3) is 0 Å². The lowest BCUT2D eigenvalue weighted by Crippen LogP contribution is -2.38. The van der Waals surface area contributed by atoms with Crippen LogP contribution in [0.15, 0.2) is 42.6 Å². The molecule has 2 aromatic rings. The number of nitrogens with one attached hydrogen (secondary N) is 1. The Bertz CT molecular complexity index is 736. The van der Waals surface area contributed by atoms with E-state index in [0.29, 0.717) is 12.3 Å². The second kappa shape index (κ2) is 8.67. The Morgan fingerprint density at radius 1 is 1.15 bits per heavy atom. The summed E-state index contributed by atoms with van der Waals surface area (Å²) in [4.78, 5) is 21.4. The molecule has 0 unspecified atom stereocenters. The monoisotopic (exact) mass is 354 g/mol. The molecule has 0 atom stereocenters. The predicted octanol–water partition coefficient (Wildman–Crippen LogP) is 3.14. The van der Waals surface area contributed by atoms with Crippen LogP contribution < -0.4 is 10.1 Å². The minimum Gasteiger partial charge on any atom is -0.495 e. The number of carbonyl (C=O) groups is 1. The summed E-state index contributed by atoms with van der Waals surface area (Å²) in [6.07, 6.45) is 2.77. The lowest BCUT2D eigenvalue weighted by Gasteiger charge is -2.23. The summed E-state index contributed by atoms with van der Waals surface area (Å²) in [5.41, 5.74) is 2.80. The molecule has 6 nitrogen and oxygen atoms in total. The molecule has 1 aliphatic heterocycles. The first-order valence-electron chi connectivity index (χ1n) is 8.99. The summed E-state index contributed by atoms with van der Waals surface area (Å²) < 4.78 is 5.37. The van der Waals surface area contributed by atoms with Crippen LogP contribution in [0.5, 0.6) is 5.75 Å². The maximum absolute atomic E-state index is 12.7. The Morgan fingerprint density at radius 3 is 2.81 bits per heavy atom. The van der Waals surface area contributed by atoms with Crippen LogP contribution in [-0.2, 0) is 6.54 Å². The van der Waals surface area contributed by atoms with Gasteiger partial charge < -0.3 is 15.0 Å². The van der Waals surface area contributed by atoms with Gasteiger partial charge in [0.05, 0.1) is 18.5 Å². The summed E-state index contributed by atoms with van der Waals surface area (Å²) in [6.45, 7) is 6.05. The van der Waals surface area contributed by atoms with E-state index in [2.05, 4.69) is 15.2 Å². The number of aromatic nitrogens is 1. The average molecular weight is 354 g/mol. The third-order valence-electron chi connectivity index (χ3n) is 4.67. The highest BCUT2D eigenvalue weighted by molar-refractivity contribution is 5.92. The van der Waals surface area contributed by atoms with Gasteiger partial charge in [-0.3, -0.25) is 9.88 Å². The number of nitrogens with zero attached hydrogens (tertiary/aromatic N) is 3. The van der Waals surface area contributed by atoms with Crippen molar-refractivity contribution in [1.29, 1.82) is 0 Å². The lowest BCUT2D eigenvalue weighted by molar-refractivity contribution is 0.210. The van der Waals surface area contributed by atoms with Gasteiger partial charge in [-0.1, -0.05) is 18.2 Å². The summed E-state index contributed by atoms with van der Waals surface area (Å²) in [5, 5.41) is 3.02. The molecule has 0 aliphatic carbocycles. The van der Waals surface area contributed by atoms with Crippen molar-refractivity contribution in [1.82, 2.24) is 14.8 Å². The number of pyridine rings is 1. The fourth-order valence-electron chi connectivity index (χ4n) is 3.21. The molecule has 1 aromatic heterocycles. The maximum atomic E-state index is 12.7. The third kappa shape index (κ3) is 4.52. The molecule has 6 heteroatoms. The highest BCUT2D eigenvalue weighted by Gasteiger charge is 2.21. The van der Waals surface area contributed by atoms with Gasteiger partial charge in [-0.25, -0.2) is 4.79 Å². The first-order chi connectivity index (χ1) is 12.7. The Hall–Kier alpha value is -2.60. The Labute approximate surface area is 154 Å². The fourth-order valence-corrected chi connectivity index (χ4v) is 3.21. The molecule has 1 fully saturated rings. The molecule has 1 saturated heterocycles. The van der Waals surface area contributed by atoms with E-state index in [-0.39, 0.29) is 6.03 Å². The van der Waals surface area contributed by atoms with Gasteiger partial charge in [-0.2, -0.15) is 0 Å². The van der Waals surface area contributed by atoms with Crippen molar-refractivity contribution in [2.45, 2.75) is 19.9 Å². The number of aryl methyl sites for hydroxylation is 1. The van der Waals surface area contributed by atoms with E-state index < -0.39 is 0 Å². The molecule has 1 aliphatic rings. The Kier molecular flexibility index (Phi) is 6.07. The Morgan fingerprint density at radius 2 is 2.04 bits per heavy atom. The number of para-hydroxylation sites is 1. The molecular weight excluding hydrogens is 328 g/mol. The van der Waals surface area contributed by atoms with Gasteiger partial charge in [0.2, 0.25) is 0 Å². The number of methoxy groups -OCH3 is 1. The van der Waals surface area contributed by atoms with Crippen molar-refractivity contribution < 1.29 is 9.53 Å². The summed E-state index contributed by atoms with van der Waals surface area (Å²) in [6, 6.07) is 11.7. The zero-order valence-corrected chi connectivity index (χ0v) is 15.4. The van der Waals surface area contributed by atoms with Gasteiger partial charge in [-0.15, -0.1) is 0 Å². The average Bonchev–Trinajstić information content (AvgIpc) is 2.90. The number of urea groups is 1. The summed E-state index contributed by atoms with van der Waals surface area (Å²) in [5.74, 6) is 0.685. The molecule has 2 amide bonds. The highest BCUT2D eigenvalue weighted by Crippen LogP contribution is 2.28. The van der Waals surface area contributed by atoms with Crippen LogP contribution >= 0.6 is 0 Å². The number of ether oxygens (including phenoxy) is 1. The van der Waals surface area contributed by atoms with E-state index in [0.717, 1.165) is 49.5 Å².